The third-order valence-electron chi connectivity index (χ3n) is 4.12. The monoisotopic (exact) mass is 325 g/mol. The van der Waals surface area contributed by atoms with E-state index in [-0.39, 0.29) is 22.4 Å². The molecule has 1 heterocycles. The quantitative estimate of drug-likeness (QED) is 0.803. The lowest BCUT2D eigenvalue weighted by molar-refractivity contribution is -0.124. The molecule has 0 N–H and O–H groups in total. The number of rotatable bonds is 3. The minimum Gasteiger partial charge on any atom is -0.274 e. The summed E-state index contributed by atoms with van der Waals surface area (Å²) in [6.45, 7) is 10.1. The van der Waals surface area contributed by atoms with Crippen molar-refractivity contribution >= 4 is 24.0 Å². The predicted molar refractivity (Wildman–Crippen MR) is 86.4 cm³/mol. The van der Waals surface area contributed by atoms with Crippen LogP contribution in [0.5, 0.6) is 0 Å². The van der Waals surface area contributed by atoms with E-state index < -0.39 is 18.1 Å². The largest absolute Gasteiger partial charge is 0.274 e. The highest BCUT2D eigenvalue weighted by molar-refractivity contribution is 7.89. The molecule has 0 radical (unpaired) electrons. The van der Waals surface area contributed by atoms with Crippen LogP contribution in [-0.2, 0) is 14.8 Å². The molecule has 1 saturated heterocycles. The Balaban J connectivity index is 2.41. The standard InChI is InChI=1S/C15H23NO3SSi/c1-11-6-8-13(9-7-11)20(18,19)16-12(2)10-14(15(16)17)21(3,4)5/h6-9,12,14H,10H2,1-5H3. The predicted octanol–water partition coefficient (Wildman–Crippen LogP) is 3.01. The van der Waals surface area contributed by atoms with Crippen molar-refractivity contribution in [1.29, 1.82) is 0 Å². The van der Waals surface area contributed by atoms with Crippen LogP contribution >= 0.6 is 0 Å². The molecule has 2 atom stereocenters. The Morgan fingerprint density at radius 1 is 1.14 bits per heavy atom. The molecule has 0 aliphatic carbocycles. The molecule has 1 fully saturated rings. The summed E-state index contributed by atoms with van der Waals surface area (Å²) in [4.78, 5) is 12.8. The summed E-state index contributed by atoms with van der Waals surface area (Å²) < 4.78 is 26.6. The van der Waals surface area contributed by atoms with Gasteiger partial charge < -0.3 is 0 Å². The van der Waals surface area contributed by atoms with Crippen molar-refractivity contribution in [2.24, 2.45) is 0 Å². The van der Waals surface area contributed by atoms with Crippen LogP contribution in [0.4, 0.5) is 0 Å². The molecule has 4 nitrogen and oxygen atoms in total. The lowest BCUT2D eigenvalue weighted by atomic mass is 10.2. The maximum Gasteiger partial charge on any atom is 0.266 e. The van der Waals surface area contributed by atoms with Gasteiger partial charge in [-0.3, -0.25) is 4.79 Å². The van der Waals surface area contributed by atoms with Crippen molar-refractivity contribution in [2.45, 2.75) is 56.4 Å². The highest BCUT2D eigenvalue weighted by Gasteiger charge is 2.49. The molecule has 0 spiro atoms. The van der Waals surface area contributed by atoms with Crippen LogP contribution in [0.3, 0.4) is 0 Å². The summed E-state index contributed by atoms with van der Waals surface area (Å²) in [5.74, 6) is -0.220. The minimum atomic E-state index is -3.74. The second-order valence-corrected chi connectivity index (χ2v) is 14.2. The fourth-order valence-corrected chi connectivity index (χ4v) is 6.46. The van der Waals surface area contributed by atoms with Gasteiger partial charge in [0.25, 0.3) is 10.0 Å². The summed E-state index contributed by atoms with van der Waals surface area (Å²) in [5, 5.41) is 0. The average molecular weight is 326 g/mol. The SMILES string of the molecule is Cc1ccc(S(=O)(=O)N2C(=O)C([Si](C)(C)C)CC2C)cc1. The molecular weight excluding hydrogens is 302 g/mol. The number of hydrogen-bond donors (Lipinski definition) is 0. The fourth-order valence-electron chi connectivity index (χ4n) is 2.81. The van der Waals surface area contributed by atoms with Gasteiger partial charge in [0.15, 0.2) is 0 Å². The number of carbonyl (C=O) groups is 1. The van der Waals surface area contributed by atoms with Crippen LogP contribution in [0, 0.1) is 6.92 Å². The van der Waals surface area contributed by atoms with Crippen molar-refractivity contribution < 1.29 is 13.2 Å². The zero-order valence-electron chi connectivity index (χ0n) is 13.3. The third kappa shape index (κ3) is 2.92. The molecule has 2 rings (SSSR count). The van der Waals surface area contributed by atoms with Gasteiger partial charge in [-0.25, -0.2) is 12.7 Å². The van der Waals surface area contributed by atoms with E-state index >= 15 is 0 Å². The van der Waals surface area contributed by atoms with E-state index in [1.165, 1.54) is 0 Å². The number of amides is 1. The van der Waals surface area contributed by atoms with E-state index in [1.807, 2.05) is 13.8 Å². The van der Waals surface area contributed by atoms with E-state index in [1.54, 1.807) is 24.3 Å². The normalized spacial score (nSPS) is 23.7. The molecule has 116 valence electrons. The van der Waals surface area contributed by atoms with Crippen LogP contribution in [0.25, 0.3) is 0 Å². The van der Waals surface area contributed by atoms with E-state index in [0.29, 0.717) is 6.42 Å². The zero-order valence-corrected chi connectivity index (χ0v) is 15.1. The number of aryl methyl sites for hydroxylation is 1. The van der Waals surface area contributed by atoms with Gasteiger partial charge in [0.05, 0.1) is 13.0 Å². The van der Waals surface area contributed by atoms with Crippen LogP contribution in [0.1, 0.15) is 18.9 Å². The maximum atomic E-state index is 12.8. The Hall–Kier alpha value is -1.14. The molecule has 1 aromatic carbocycles. The van der Waals surface area contributed by atoms with Gasteiger partial charge in [0.2, 0.25) is 5.91 Å². The molecule has 1 aromatic rings. The Morgan fingerprint density at radius 3 is 2.10 bits per heavy atom. The van der Waals surface area contributed by atoms with Gasteiger partial charge in [0, 0.05) is 11.6 Å². The molecule has 0 aromatic heterocycles. The van der Waals surface area contributed by atoms with Gasteiger partial charge in [0.1, 0.15) is 0 Å². The fraction of sp³-hybridized carbons (Fsp3) is 0.533. The molecular formula is C15H23NO3SSi. The molecule has 1 aliphatic heterocycles. The number of nitrogens with zero attached hydrogens (tertiary/aromatic N) is 1. The van der Waals surface area contributed by atoms with Gasteiger partial charge in [-0.05, 0) is 32.4 Å². The lowest BCUT2D eigenvalue weighted by Gasteiger charge is -2.24. The van der Waals surface area contributed by atoms with Gasteiger partial charge in [-0.2, -0.15) is 0 Å². The Bertz CT molecular complexity index is 646. The smallest absolute Gasteiger partial charge is 0.266 e. The highest BCUT2D eigenvalue weighted by Crippen LogP contribution is 2.39. The van der Waals surface area contributed by atoms with Gasteiger partial charge in [-0.15, -0.1) is 0 Å². The molecule has 2 unspecified atom stereocenters. The zero-order chi connectivity index (χ0) is 16.0. The van der Waals surface area contributed by atoms with E-state index in [2.05, 4.69) is 19.6 Å². The lowest BCUT2D eigenvalue weighted by Crippen LogP contribution is -2.40. The molecule has 1 aliphatic rings. The van der Waals surface area contributed by atoms with Crippen molar-refractivity contribution in [3.63, 3.8) is 0 Å². The number of hydrogen-bond acceptors (Lipinski definition) is 3. The topological polar surface area (TPSA) is 54.5 Å². The average Bonchev–Trinajstić information content (AvgIpc) is 2.65. The molecule has 6 heteroatoms. The van der Waals surface area contributed by atoms with Crippen molar-refractivity contribution in [3.8, 4) is 0 Å². The summed E-state index contributed by atoms with van der Waals surface area (Å²) in [6.07, 6.45) is 0.639. The third-order valence-corrected chi connectivity index (χ3v) is 8.61. The summed E-state index contributed by atoms with van der Waals surface area (Å²) in [6, 6.07) is 6.40. The Kier molecular flexibility index (Phi) is 4.05. The molecule has 1 amide bonds. The minimum absolute atomic E-state index is 0.118. The maximum absolute atomic E-state index is 12.8. The number of benzene rings is 1. The second-order valence-electron chi connectivity index (χ2n) is 6.96. The first-order valence-corrected chi connectivity index (χ1v) is 12.2. The van der Waals surface area contributed by atoms with E-state index in [0.717, 1.165) is 9.87 Å². The molecule has 0 bridgehead atoms. The molecule has 21 heavy (non-hydrogen) atoms. The van der Waals surface area contributed by atoms with Crippen LogP contribution < -0.4 is 0 Å². The van der Waals surface area contributed by atoms with E-state index in [4.69, 9.17) is 0 Å². The second kappa shape index (κ2) is 5.25. The molecule has 0 saturated carbocycles. The summed E-state index contributed by atoms with van der Waals surface area (Å²) in [7, 11) is -5.46. The highest BCUT2D eigenvalue weighted by atomic mass is 32.2. The van der Waals surface area contributed by atoms with Crippen molar-refractivity contribution in [3.05, 3.63) is 29.8 Å². The first-order chi connectivity index (χ1) is 9.55. The summed E-state index contributed by atoms with van der Waals surface area (Å²) in [5.41, 5.74) is 0.877. The van der Waals surface area contributed by atoms with E-state index in [9.17, 15) is 13.2 Å². The van der Waals surface area contributed by atoms with Crippen molar-refractivity contribution in [1.82, 2.24) is 4.31 Å². The first kappa shape index (κ1) is 16.2. The van der Waals surface area contributed by atoms with Gasteiger partial charge >= 0.3 is 0 Å². The van der Waals surface area contributed by atoms with Crippen molar-refractivity contribution in [2.75, 3.05) is 0 Å². The first-order valence-electron chi connectivity index (χ1n) is 7.20. The Morgan fingerprint density at radius 2 is 1.67 bits per heavy atom. The number of sulfonamides is 1. The van der Waals surface area contributed by atoms with Crippen LogP contribution in [0.2, 0.25) is 25.2 Å². The van der Waals surface area contributed by atoms with Gasteiger partial charge in [-0.1, -0.05) is 37.3 Å². The Labute approximate surface area is 128 Å². The summed E-state index contributed by atoms with van der Waals surface area (Å²) >= 11 is 0. The number of carbonyl (C=O) groups excluding carboxylic acids is 1. The van der Waals surface area contributed by atoms with Crippen LogP contribution in [0.15, 0.2) is 29.2 Å². The van der Waals surface area contributed by atoms with Crippen LogP contribution in [-0.4, -0.2) is 32.7 Å².